The van der Waals surface area contributed by atoms with Crippen molar-refractivity contribution in [3.63, 3.8) is 0 Å². The van der Waals surface area contributed by atoms with Crippen molar-refractivity contribution in [1.82, 2.24) is 4.98 Å². The first-order valence-corrected chi connectivity index (χ1v) is 9.30. The predicted molar refractivity (Wildman–Crippen MR) is 98.4 cm³/mol. The normalized spacial score (nSPS) is 10.6. The first-order valence-electron chi connectivity index (χ1n) is 7.26. The van der Waals surface area contributed by atoms with Gasteiger partial charge in [-0.25, -0.2) is 9.37 Å². The average molecular weight is 358 g/mol. The SMILES string of the molecule is CSc1ccccc1C(=O)Nc1nc(-c2ccc(F)cc2)c(C)s1. The van der Waals surface area contributed by atoms with Gasteiger partial charge in [0.15, 0.2) is 5.13 Å². The fourth-order valence-electron chi connectivity index (χ4n) is 2.32. The molecule has 0 fully saturated rings. The van der Waals surface area contributed by atoms with Gasteiger partial charge in [0.25, 0.3) is 5.91 Å². The Labute approximate surface area is 148 Å². The largest absolute Gasteiger partial charge is 0.298 e. The summed E-state index contributed by atoms with van der Waals surface area (Å²) in [6.07, 6.45) is 1.94. The molecule has 0 saturated heterocycles. The molecule has 0 bridgehead atoms. The number of hydrogen-bond acceptors (Lipinski definition) is 4. The van der Waals surface area contributed by atoms with Gasteiger partial charge in [0, 0.05) is 15.3 Å². The molecule has 3 nitrogen and oxygen atoms in total. The van der Waals surface area contributed by atoms with Crippen molar-refractivity contribution < 1.29 is 9.18 Å². The van der Waals surface area contributed by atoms with Gasteiger partial charge in [0.2, 0.25) is 0 Å². The van der Waals surface area contributed by atoms with Crippen LogP contribution in [0.15, 0.2) is 53.4 Å². The van der Waals surface area contributed by atoms with E-state index >= 15 is 0 Å². The Morgan fingerprint density at radius 2 is 1.88 bits per heavy atom. The zero-order valence-corrected chi connectivity index (χ0v) is 14.8. The number of benzene rings is 2. The highest BCUT2D eigenvalue weighted by Gasteiger charge is 2.15. The van der Waals surface area contributed by atoms with Gasteiger partial charge in [-0.15, -0.1) is 23.1 Å². The third kappa shape index (κ3) is 3.49. The van der Waals surface area contributed by atoms with Crippen LogP contribution in [0.4, 0.5) is 9.52 Å². The summed E-state index contributed by atoms with van der Waals surface area (Å²) in [5, 5.41) is 3.39. The summed E-state index contributed by atoms with van der Waals surface area (Å²) in [6, 6.07) is 13.6. The van der Waals surface area contributed by atoms with Crippen LogP contribution in [-0.4, -0.2) is 17.1 Å². The maximum absolute atomic E-state index is 13.1. The Balaban J connectivity index is 1.85. The van der Waals surface area contributed by atoms with E-state index in [1.807, 2.05) is 31.4 Å². The zero-order chi connectivity index (χ0) is 17.1. The van der Waals surface area contributed by atoms with Crippen molar-refractivity contribution in [3.05, 3.63) is 64.8 Å². The fourth-order valence-corrected chi connectivity index (χ4v) is 3.75. The predicted octanol–water partition coefficient (Wildman–Crippen LogP) is 5.23. The lowest BCUT2D eigenvalue weighted by Gasteiger charge is -2.06. The Morgan fingerprint density at radius 3 is 2.58 bits per heavy atom. The minimum absolute atomic E-state index is 0.181. The van der Waals surface area contributed by atoms with Crippen molar-refractivity contribution in [2.75, 3.05) is 11.6 Å². The van der Waals surface area contributed by atoms with Gasteiger partial charge in [-0.05, 0) is 49.6 Å². The van der Waals surface area contributed by atoms with Crippen LogP contribution >= 0.6 is 23.1 Å². The maximum Gasteiger partial charge on any atom is 0.258 e. The second kappa shape index (κ2) is 7.15. The Morgan fingerprint density at radius 1 is 1.17 bits per heavy atom. The molecular weight excluding hydrogens is 343 g/mol. The van der Waals surface area contributed by atoms with Gasteiger partial charge >= 0.3 is 0 Å². The summed E-state index contributed by atoms with van der Waals surface area (Å²) in [7, 11) is 0. The molecule has 0 unspecified atom stereocenters. The number of amides is 1. The number of thiazole rings is 1. The van der Waals surface area contributed by atoms with Crippen LogP contribution in [0, 0.1) is 12.7 Å². The number of aryl methyl sites for hydroxylation is 1. The summed E-state index contributed by atoms with van der Waals surface area (Å²) in [4.78, 5) is 18.9. The second-order valence-electron chi connectivity index (χ2n) is 5.09. The first kappa shape index (κ1) is 16.7. The molecule has 3 rings (SSSR count). The molecule has 1 N–H and O–H groups in total. The standard InChI is InChI=1S/C18H15FN2OS2/c1-11-16(12-7-9-13(19)10-8-12)20-18(24-11)21-17(22)14-5-3-4-6-15(14)23-2/h3-10H,1-2H3,(H,20,21,22). The highest BCUT2D eigenvalue weighted by Crippen LogP contribution is 2.31. The van der Waals surface area contributed by atoms with Crippen molar-refractivity contribution in [3.8, 4) is 11.3 Å². The van der Waals surface area contributed by atoms with Crippen molar-refractivity contribution in [2.45, 2.75) is 11.8 Å². The van der Waals surface area contributed by atoms with Gasteiger partial charge in [0.05, 0.1) is 11.3 Å². The Hall–Kier alpha value is -2.18. The molecule has 122 valence electrons. The van der Waals surface area contributed by atoms with Crippen molar-refractivity contribution >= 4 is 34.1 Å². The lowest BCUT2D eigenvalue weighted by atomic mass is 10.1. The average Bonchev–Trinajstić information content (AvgIpc) is 2.95. The number of anilines is 1. The number of halogens is 1. The topological polar surface area (TPSA) is 42.0 Å². The lowest BCUT2D eigenvalue weighted by molar-refractivity contribution is 0.102. The monoisotopic (exact) mass is 358 g/mol. The molecule has 3 aromatic rings. The highest BCUT2D eigenvalue weighted by molar-refractivity contribution is 7.98. The Kier molecular flexibility index (Phi) is 4.97. The summed E-state index contributed by atoms with van der Waals surface area (Å²) in [5.41, 5.74) is 2.21. The zero-order valence-electron chi connectivity index (χ0n) is 13.2. The van der Waals surface area contributed by atoms with Gasteiger partial charge in [-0.2, -0.15) is 0 Å². The summed E-state index contributed by atoms with van der Waals surface area (Å²) < 4.78 is 13.1. The molecule has 0 spiro atoms. The van der Waals surface area contributed by atoms with Crippen LogP contribution in [0.25, 0.3) is 11.3 Å². The molecule has 6 heteroatoms. The molecule has 24 heavy (non-hydrogen) atoms. The summed E-state index contributed by atoms with van der Waals surface area (Å²) in [6.45, 7) is 1.93. The van der Waals surface area contributed by atoms with Gasteiger partial charge in [-0.1, -0.05) is 12.1 Å². The maximum atomic E-state index is 13.1. The molecule has 0 aliphatic heterocycles. The molecule has 2 aromatic carbocycles. The molecule has 1 heterocycles. The van der Waals surface area contributed by atoms with E-state index in [4.69, 9.17) is 0 Å². The van der Waals surface area contributed by atoms with Crippen molar-refractivity contribution in [2.24, 2.45) is 0 Å². The van der Waals surface area contributed by atoms with Crippen LogP contribution in [0.3, 0.4) is 0 Å². The van der Waals surface area contributed by atoms with Crippen LogP contribution in [-0.2, 0) is 0 Å². The minimum atomic E-state index is -0.283. The third-order valence-electron chi connectivity index (χ3n) is 3.49. The number of thioether (sulfide) groups is 1. The second-order valence-corrected chi connectivity index (χ2v) is 7.14. The number of hydrogen-bond donors (Lipinski definition) is 1. The first-order chi connectivity index (χ1) is 11.6. The van der Waals surface area contributed by atoms with E-state index < -0.39 is 0 Å². The van der Waals surface area contributed by atoms with E-state index in [-0.39, 0.29) is 11.7 Å². The molecule has 1 aromatic heterocycles. The third-order valence-corrected chi connectivity index (χ3v) is 5.17. The van der Waals surface area contributed by atoms with Gasteiger partial charge in [0.1, 0.15) is 5.82 Å². The molecule has 1 amide bonds. The molecule has 0 aliphatic carbocycles. The number of nitrogens with zero attached hydrogens (tertiary/aromatic N) is 1. The summed E-state index contributed by atoms with van der Waals surface area (Å²) >= 11 is 2.93. The molecule has 0 aliphatic rings. The van der Waals surface area contributed by atoms with Crippen LogP contribution in [0.2, 0.25) is 0 Å². The number of nitrogens with one attached hydrogen (secondary N) is 1. The molecule has 0 atom stereocenters. The van der Waals surface area contributed by atoms with E-state index in [0.717, 1.165) is 21.0 Å². The molecular formula is C18H15FN2OS2. The van der Waals surface area contributed by atoms with Crippen LogP contribution in [0.5, 0.6) is 0 Å². The van der Waals surface area contributed by atoms with Crippen LogP contribution in [0.1, 0.15) is 15.2 Å². The number of rotatable bonds is 4. The van der Waals surface area contributed by atoms with Crippen LogP contribution < -0.4 is 5.32 Å². The number of carbonyl (C=O) groups is 1. The van der Waals surface area contributed by atoms with Crippen molar-refractivity contribution in [1.29, 1.82) is 0 Å². The number of aromatic nitrogens is 1. The van der Waals surface area contributed by atoms with Gasteiger partial charge in [-0.3, -0.25) is 10.1 Å². The molecule has 0 saturated carbocycles. The quantitative estimate of drug-likeness (QED) is 0.649. The Bertz CT molecular complexity index is 875. The van der Waals surface area contributed by atoms with E-state index in [0.29, 0.717) is 10.7 Å². The highest BCUT2D eigenvalue weighted by atomic mass is 32.2. The molecule has 0 radical (unpaired) electrons. The van der Waals surface area contributed by atoms with E-state index in [1.54, 1.807) is 18.2 Å². The summed E-state index contributed by atoms with van der Waals surface area (Å²) in [5.74, 6) is -0.465. The fraction of sp³-hybridized carbons (Fsp3) is 0.111. The van der Waals surface area contributed by atoms with E-state index in [1.165, 1.54) is 35.2 Å². The van der Waals surface area contributed by atoms with Gasteiger partial charge < -0.3 is 0 Å². The lowest BCUT2D eigenvalue weighted by Crippen LogP contribution is -2.12. The smallest absolute Gasteiger partial charge is 0.258 e. The van der Waals surface area contributed by atoms with E-state index in [2.05, 4.69) is 10.3 Å². The van der Waals surface area contributed by atoms with E-state index in [9.17, 15) is 9.18 Å². The minimum Gasteiger partial charge on any atom is -0.298 e. The number of carbonyl (C=O) groups excluding carboxylic acids is 1.